The number of aromatic hydroxyl groups is 2. The van der Waals surface area contributed by atoms with Crippen LogP contribution in [0.15, 0.2) is 18.2 Å². The van der Waals surface area contributed by atoms with Gasteiger partial charge in [0.2, 0.25) is 0 Å². The fourth-order valence-corrected chi connectivity index (χ4v) is 0.789. The molecule has 0 amide bonds. The van der Waals surface area contributed by atoms with Crippen molar-refractivity contribution in [1.82, 2.24) is 0 Å². The van der Waals surface area contributed by atoms with Crippen LogP contribution in [-0.4, -0.2) is 10.2 Å². The molecular formula is C8H11N2O2. The molecule has 0 atom stereocenters. The number of hydrogen-bond donors (Lipinski definition) is 4. The average Bonchev–Trinajstić information content (AvgIpc) is 2.21. The normalized spacial score (nSPS) is 13.8. The summed E-state index contributed by atoms with van der Waals surface area (Å²) in [6.45, 7) is 3.56. The second kappa shape index (κ2) is 2.66. The van der Waals surface area contributed by atoms with Gasteiger partial charge in [-0.3, -0.25) is 0 Å². The number of rotatable bonds is 3. The van der Waals surface area contributed by atoms with E-state index in [0.29, 0.717) is 5.56 Å². The van der Waals surface area contributed by atoms with Crippen LogP contribution in [0.1, 0.15) is 5.56 Å². The van der Waals surface area contributed by atoms with E-state index in [0.717, 1.165) is 0 Å². The number of benzene rings is 1. The van der Waals surface area contributed by atoms with Crippen LogP contribution in [-0.2, 0) is 5.66 Å². The molecule has 0 aliphatic heterocycles. The molecule has 0 saturated heterocycles. The Morgan fingerprint density at radius 3 is 2.50 bits per heavy atom. The van der Waals surface area contributed by atoms with Gasteiger partial charge in [0.15, 0.2) is 11.5 Å². The summed E-state index contributed by atoms with van der Waals surface area (Å²) >= 11 is 0. The molecule has 0 bridgehead atoms. The first-order valence-corrected chi connectivity index (χ1v) is 3.29. The predicted molar refractivity (Wildman–Crippen MR) is 45.2 cm³/mol. The third-order valence-corrected chi connectivity index (χ3v) is 1.47. The minimum atomic E-state index is -1.33. The lowest BCUT2D eigenvalue weighted by Crippen LogP contribution is -2.42. The van der Waals surface area contributed by atoms with Crippen molar-refractivity contribution in [2.24, 2.45) is 11.5 Å². The summed E-state index contributed by atoms with van der Waals surface area (Å²) in [5, 5.41) is 18.2. The Hall–Kier alpha value is -1.26. The molecular weight excluding hydrogens is 156 g/mol. The average molecular weight is 169 g/mol. The summed E-state index contributed by atoms with van der Waals surface area (Å²) in [7, 11) is 0. The summed E-state index contributed by atoms with van der Waals surface area (Å²) in [5.74, 6) is -0.577. The highest BCUT2D eigenvalue weighted by Gasteiger charge is 2.15. The van der Waals surface area contributed by atoms with Crippen LogP contribution in [0.2, 0.25) is 2.82 Å². The van der Waals surface area contributed by atoms with E-state index in [1.54, 1.807) is 0 Å². The van der Waals surface area contributed by atoms with E-state index in [9.17, 15) is 5.11 Å². The van der Waals surface area contributed by atoms with Gasteiger partial charge in [0.05, 0.1) is 5.66 Å². The summed E-state index contributed by atoms with van der Waals surface area (Å²) in [4.78, 5) is 0. The van der Waals surface area contributed by atoms with Gasteiger partial charge in [-0.05, 0) is 24.6 Å². The molecule has 1 radical (unpaired) electrons. The number of phenols is 2. The Bertz CT molecular complexity index is 329. The fourth-order valence-electron chi connectivity index (χ4n) is 0.789. The molecule has 12 heavy (non-hydrogen) atoms. The summed E-state index contributed by atoms with van der Waals surface area (Å²) in [6, 6.07) is 3.94. The van der Waals surface area contributed by atoms with Gasteiger partial charge >= 0.3 is 0 Å². The van der Waals surface area contributed by atoms with Gasteiger partial charge in [0.1, 0.15) is 2.82 Å². The van der Waals surface area contributed by atoms with Crippen LogP contribution < -0.4 is 11.5 Å². The van der Waals surface area contributed by atoms with Crippen LogP contribution >= 0.6 is 0 Å². The Balaban J connectivity index is 3.12. The minimum Gasteiger partial charge on any atom is -0.504 e. The smallest absolute Gasteiger partial charge is 0.157 e. The van der Waals surface area contributed by atoms with Crippen molar-refractivity contribution in [2.45, 2.75) is 5.66 Å². The molecule has 1 rings (SSSR count). The Kier molecular flexibility index (Phi) is 1.39. The first-order valence-electron chi connectivity index (χ1n) is 4.29. The summed E-state index contributed by atoms with van der Waals surface area (Å²) in [6.07, 6.45) is 0. The maximum absolute atomic E-state index is 9.20. The van der Waals surface area contributed by atoms with Crippen LogP contribution in [0.25, 0.3) is 0 Å². The van der Waals surface area contributed by atoms with Crippen molar-refractivity contribution >= 4 is 0 Å². The van der Waals surface area contributed by atoms with Gasteiger partial charge in [0.25, 0.3) is 0 Å². The van der Waals surface area contributed by atoms with Crippen LogP contribution in [0.5, 0.6) is 11.5 Å². The zero-order valence-corrected chi connectivity index (χ0v) is 6.33. The van der Waals surface area contributed by atoms with Crippen LogP contribution in [0, 0.1) is 6.92 Å². The van der Waals surface area contributed by atoms with Crippen molar-refractivity contribution < 1.29 is 13.0 Å². The molecule has 0 saturated carbocycles. The lowest BCUT2D eigenvalue weighted by Gasteiger charge is -2.18. The molecule has 0 aromatic heterocycles. The van der Waals surface area contributed by atoms with Gasteiger partial charge in [-0.1, -0.05) is 6.07 Å². The topological polar surface area (TPSA) is 92.5 Å². The molecule has 0 unspecified atom stereocenters. The van der Waals surface area contributed by atoms with Gasteiger partial charge in [0, 0.05) is 0 Å². The highest BCUT2D eigenvalue weighted by atomic mass is 16.3. The molecule has 1 aromatic carbocycles. The Morgan fingerprint density at radius 1 is 1.33 bits per heavy atom. The molecule has 0 aliphatic rings. The van der Waals surface area contributed by atoms with Crippen molar-refractivity contribution in [2.75, 3.05) is 0 Å². The summed E-state index contributed by atoms with van der Waals surface area (Å²) in [5.41, 5.74) is 3.12. The highest BCUT2D eigenvalue weighted by molar-refractivity contribution is 5.42. The molecule has 0 spiro atoms. The molecule has 0 aliphatic carbocycles. The van der Waals surface area contributed by atoms with Gasteiger partial charge in [-0.15, -0.1) is 0 Å². The second-order valence-corrected chi connectivity index (χ2v) is 2.61. The predicted octanol–water partition coefficient (Wildman–Crippen LogP) is 0.00209. The third-order valence-electron chi connectivity index (χ3n) is 1.47. The maximum atomic E-state index is 9.20. The van der Waals surface area contributed by atoms with E-state index in [1.807, 2.05) is 11.5 Å². The summed E-state index contributed by atoms with van der Waals surface area (Å²) < 4.78 is 14.0. The number of hydrogen-bond acceptors (Lipinski definition) is 4. The van der Waals surface area contributed by atoms with Crippen LogP contribution in [0.3, 0.4) is 0 Å². The van der Waals surface area contributed by atoms with E-state index >= 15 is 0 Å². The van der Waals surface area contributed by atoms with Gasteiger partial charge in [-0.2, -0.15) is 0 Å². The van der Waals surface area contributed by atoms with Crippen molar-refractivity contribution in [1.29, 1.82) is 0 Å². The van der Waals surface area contributed by atoms with E-state index in [2.05, 4.69) is 6.92 Å². The second-order valence-electron chi connectivity index (χ2n) is 2.61. The number of nitrogens with two attached hydrogens (primary N) is 2. The van der Waals surface area contributed by atoms with E-state index in [-0.39, 0.29) is 11.5 Å². The SMILES string of the molecule is [2H]NC([CH2])(N[2H])c1ccc(O)c(O)c1. The Morgan fingerprint density at radius 2 is 2.00 bits per heavy atom. The number of phenolic OH excluding ortho intramolecular Hbond substituents is 2. The molecule has 65 valence electrons. The minimum absolute atomic E-state index is 0.258. The highest BCUT2D eigenvalue weighted by Crippen LogP contribution is 2.27. The molecule has 1 aromatic rings. The van der Waals surface area contributed by atoms with E-state index < -0.39 is 5.66 Å². The van der Waals surface area contributed by atoms with E-state index in [4.69, 9.17) is 7.93 Å². The maximum Gasteiger partial charge on any atom is 0.157 e. The van der Waals surface area contributed by atoms with E-state index in [1.165, 1.54) is 18.2 Å². The van der Waals surface area contributed by atoms with Gasteiger partial charge in [-0.25, -0.2) is 0 Å². The largest absolute Gasteiger partial charge is 0.504 e. The van der Waals surface area contributed by atoms with Gasteiger partial charge < -0.3 is 21.7 Å². The van der Waals surface area contributed by atoms with Crippen molar-refractivity contribution in [3.8, 4) is 11.5 Å². The lowest BCUT2D eigenvalue weighted by molar-refractivity contribution is 0.401. The third kappa shape index (κ3) is 1.66. The lowest BCUT2D eigenvalue weighted by atomic mass is 10.0. The zero-order valence-electron chi connectivity index (χ0n) is 8.33. The fraction of sp³-hybridized carbons (Fsp3) is 0.125. The molecule has 4 heteroatoms. The monoisotopic (exact) mass is 169 g/mol. The van der Waals surface area contributed by atoms with Crippen LogP contribution in [0.4, 0.5) is 0 Å². The molecule has 4 nitrogen and oxygen atoms in total. The molecule has 0 fully saturated rings. The zero-order chi connectivity index (χ0) is 10.8. The van der Waals surface area contributed by atoms with Crippen molar-refractivity contribution in [3.63, 3.8) is 0 Å². The Labute approximate surface area is 73.4 Å². The quantitative estimate of drug-likeness (QED) is 0.378. The molecule has 0 heterocycles. The first kappa shape index (κ1) is 6.28. The van der Waals surface area contributed by atoms with Crippen molar-refractivity contribution in [3.05, 3.63) is 30.7 Å². The first-order chi connectivity index (χ1) is 6.53. The molecule has 6 N–H and O–H groups in total. The standard InChI is InChI=1S/C8H11N2O2/c1-8(9,10)5-2-3-6(11)7(12)4-5/h2-4,11-12H,1,9-10H2/i/hD2.